The number of thiophene rings is 1. The van der Waals surface area contributed by atoms with Crippen LogP contribution in [-0.2, 0) is 9.63 Å². The maximum Gasteiger partial charge on any atom is 0.303 e. The number of hydrogen-bond donors (Lipinski definition) is 2. The summed E-state index contributed by atoms with van der Waals surface area (Å²) in [6.45, 7) is 0. The van der Waals surface area contributed by atoms with Crippen molar-refractivity contribution in [2.24, 2.45) is 0 Å². The molecule has 0 radical (unpaired) electrons. The summed E-state index contributed by atoms with van der Waals surface area (Å²) >= 11 is 3.72. The highest BCUT2D eigenvalue weighted by molar-refractivity contribution is 14.1. The van der Waals surface area contributed by atoms with E-state index in [4.69, 9.17) is 9.94 Å². The van der Waals surface area contributed by atoms with E-state index in [1.807, 2.05) is 16.8 Å². The summed E-state index contributed by atoms with van der Waals surface area (Å²) in [4.78, 5) is 15.7. The molecule has 0 aromatic carbocycles. The van der Waals surface area contributed by atoms with Crippen molar-refractivity contribution in [2.45, 2.75) is 12.8 Å². The fourth-order valence-corrected chi connectivity index (χ4v) is 2.61. The molecule has 0 saturated heterocycles. The van der Waals surface area contributed by atoms with Gasteiger partial charge >= 0.3 is 5.97 Å². The van der Waals surface area contributed by atoms with Crippen LogP contribution in [0.2, 0.25) is 0 Å². The van der Waals surface area contributed by atoms with Crippen LogP contribution >= 0.6 is 33.9 Å². The molecule has 0 fully saturated rings. The van der Waals surface area contributed by atoms with E-state index in [2.05, 4.69) is 28.2 Å². The molecule has 0 unspecified atom stereocenters. The highest BCUT2D eigenvalue weighted by Crippen LogP contribution is 2.31. The quantitative estimate of drug-likeness (QED) is 0.644. The molecule has 0 atom stereocenters. The normalized spacial score (nSPS) is 15.4. The first kappa shape index (κ1) is 11.7. The van der Waals surface area contributed by atoms with Gasteiger partial charge in [0.25, 0.3) is 0 Å². The number of nitrogens with zero attached hydrogens (tertiary/aromatic N) is 1. The molecule has 0 aliphatic carbocycles. The molecule has 2 heterocycles. The number of anilines is 1. The molecule has 2 rings (SSSR count). The lowest BCUT2D eigenvalue weighted by atomic mass is 10.3. The van der Waals surface area contributed by atoms with Crippen molar-refractivity contribution in [3.8, 4) is 0 Å². The second kappa shape index (κ2) is 5.02. The van der Waals surface area contributed by atoms with Crippen molar-refractivity contribution in [3.05, 3.63) is 26.3 Å². The van der Waals surface area contributed by atoms with Crippen LogP contribution in [0.25, 0.3) is 0 Å². The average Bonchev–Trinajstić information content (AvgIpc) is 2.84. The van der Waals surface area contributed by atoms with E-state index in [-0.39, 0.29) is 6.42 Å². The van der Waals surface area contributed by atoms with E-state index in [1.165, 1.54) is 0 Å². The van der Waals surface area contributed by atoms with E-state index in [0.717, 1.165) is 9.39 Å². The first-order chi connectivity index (χ1) is 7.68. The molecule has 16 heavy (non-hydrogen) atoms. The summed E-state index contributed by atoms with van der Waals surface area (Å²) in [7, 11) is 0. The summed E-state index contributed by atoms with van der Waals surface area (Å²) in [6.07, 6.45) is 0.461. The van der Waals surface area contributed by atoms with Crippen LogP contribution in [0.3, 0.4) is 0 Å². The molecule has 2 N–H and O–H groups in total. The van der Waals surface area contributed by atoms with E-state index in [1.54, 1.807) is 16.3 Å². The van der Waals surface area contributed by atoms with Crippen molar-refractivity contribution < 1.29 is 14.7 Å². The summed E-state index contributed by atoms with van der Waals surface area (Å²) in [5, 5.41) is 14.3. The highest BCUT2D eigenvalue weighted by Gasteiger charge is 2.24. The lowest BCUT2D eigenvalue weighted by Gasteiger charge is -2.13. The number of hydrogen-bond acceptors (Lipinski definition) is 5. The van der Waals surface area contributed by atoms with Gasteiger partial charge in [0.1, 0.15) is 3.70 Å². The van der Waals surface area contributed by atoms with Crippen LogP contribution in [0.5, 0.6) is 0 Å². The summed E-state index contributed by atoms with van der Waals surface area (Å²) < 4.78 is 0.872. The largest absolute Gasteiger partial charge is 0.481 e. The molecule has 0 amide bonds. The zero-order valence-corrected chi connectivity index (χ0v) is 11.1. The number of hydrazine groups is 1. The Kier molecular flexibility index (Phi) is 3.66. The highest BCUT2D eigenvalue weighted by atomic mass is 127. The smallest absolute Gasteiger partial charge is 0.303 e. The molecular formula is C9H9IN2O3S. The minimum absolute atomic E-state index is 0.0704. The fraction of sp³-hybridized carbons (Fsp3) is 0.222. The Morgan fingerprint density at radius 1 is 1.69 bits per heavy atom. The second-order valence-electron chi connectivity index (χ2n) is 3.12. The third kappa shape index (κ3) is 2.47. The Labute approximate surface area is 110 Å². The van der Waals surface area contributed by atoms with Crippen molar-refractivity contribution in [1.29, 1.82) is 0 Å². The fourth-order valence-electron chi connectivity index (χ4n) is 1.23. The van der Waals surface area contributed by atoms with Crippen molar-refractivity contribution in [2.75, 3.05) is 5.01 Å². The lowest BCUT2D eigenvalue weighted by Crippen LogP contribution is -2.28. The van der Waals surface area contributed by atoms with Gasteiger partial charge in [-0.2, -0.15) is 11.3 Å². The number of nitrogens with one attached hydrogen (secondary N) is 1. The number of allylic oxidation sites excluding steroid dienone is 1. The maximum atomic E-state index is 10.5. The van der Waals surface area contributed by atoms with Crippen LogP contribution in [-0.4, -0.2) is 11.1 Å². The number of rotatable bonds is 4. The zero-order valence-electron chi connectivity index (χ0n) is 8.14. The van der Waals surface area contributed by atoms with Crippen molar-refractivity contribution >= 4 is 45.6 Å². The minimum Gasteiger partial charge on any atom is -0.481 e. The van der Waals surface area contributed by atoms with Crippen LogP contribution in [0.4, 0.5) is 5.69 Å². The summed E-state index contributed by atoms with van der Waals surface area (Å²) in [5.74, 6) is -0.163. The first-order valence-electron chi connectivity index (χ1n) is 4.53. The predicted octanol–water partition coefficient (Wildman–Crippen LogP) is 2.47. The summed E-state index contributed by atoms with van der Waals surface area (Å²) in [5.41, 5.74) is 3.73. The number of carbonyl (C=O) groups is 1. The molecule has 1 aromatic heterocycles. The average molecular weight is 352 g/mol. The molecular weight excluding hydrogens is 343 g/mol. The Bertz CT molecular complexity index is 418. The molecule has 7 heteroatoms. The van der Waals surface area contributed by atoms with Crippen LogP contribution in [0.15, 0.2) is 26.3 Å². The molecule has 5 nitrogen and oxygen atoms in total. The standard InChI is InChI=1S/C9H9IN2O3S/c10-9-7(1-2-8(13)14)15-11-12(9)6-3-4-16-5-6/h3-5,11H,1-2H2,(H,13,14). The van der Waals surface area contributed by atoms with Crippen LogP contribution < -0.4 is 10.6 Å². The second-order valence-corrected chi connectivity index (χ2v) is 4.92. The van der Waals surface area contributed by atoms with Crippen molar-refractivity contribution in [1.82, 2.24) is 5.59 Å². The third-order valence-corrected chi connectivity index (χ3v) is 3.77. The van der Waals surface area contributed by atoms with Crippen LogP contribution in [0.1, 0.15) is 12.8 Å². The van der Waals surface area contributed by atoms with Gasteiger partial charge < -0.3 is 9.94 Å². The van der Waals surface area contributed by atoms with Gasteiger partial charge in [0.15, 0.2) is 5.76 Å². The Hall–Kier alpha value is -0.800. The molecule has 0 bridgehead atoms. The molecule has 1 aliphatic rings. The molecule has 86 valence electrons. The topological polar surface area (TPSA) is 61.8 Å². The Morgan fingerprint density at radius 2 is 2.50 bits per heavy atom. The molecule has 1 aromatic rings. The van der Waals surface area contributed by atoms with Crippen LogP contribution in [0, 0.1) is 0 Å². The monoisotopic (exact) mass is 352 g/mol. The Balaban J connectivity index is 2.07. The van der Waals surface area contributed by atoms with E-state index in [9.17, 15) is 4.79 Å². The predicted molar refractivity (Wildman–Crippen MR) is 68.9 cm³/mol. The molecule has 0 saturated carbocycles. The summed E-state index contributed by atoms with van der Waals surface area (Å²) in [6, 6.07) is 1.96. The van der Waals surface area contributed by atoms with Gasteiger partial charge in [-0.1, -0.05) is 5.59 Å². The number of halogens is 1. The zero-order chi connectivity index (χ0) is 11.5. The van der Waals surface area contributed by atoms with Gasteiger partial charge in [-0.05, 0) is 34.0 Å². The number of aliphatic carboxylic acids is 1. The number of carboxylic acid groups (broad SMARTS) is 1. The molecule has 0 spiro atoms. The van der Waals surface area contributed by atoms with Gasteiger partial charge in [0.05, 0.1) is 12.1 Å². The first-order valence-corrected chi connectivity index (χ1v) is 6.56. The van der Waals surface area contributed by atoms with Gasteiger partial charge in [0, 0.05) is 11.8 Å². The van der Waals surface area contributed by atoms with Crippen molar-refractivity contribution in [3.63, 3.8) is 0 Å². The number of carboxylic acids is 1. The maximum absolute atomic E-state index is 10.5. The van der Waals surface area contributed by atoms with Gasteiger partial charge in [-0.3, -0.25) is 4.79 Å². The van der Waals surface area contributed by atoms with E-state index >= 15 is 0 Å². The molecule has 1 aliphatic heterocycles. The van der Waals surface area contributed by atoms with Gasteiger partial charge in [0.2, 0.25) is 0 Å². The van der Waals surface area contributed by atoms with E-state index in [0.29, 0.717) is 12.2 Å². The Morgan fingerprint density at radius 3 is 3.12 bits per heavy atom. The third-order valence-electron chi connectivity index (χ3n) is 2.02. The van der Waals surface area contributed by atoms with E-state index < -0.39 is 5.97 Å². The van der Waals surface area contributed by atoms with Gasteiger partial charge in [-0.25, -0.2) is 5.01 Å². The SMILES string of the molecule is O=C(O)CCC1=C(I)N(c2ccsc2)NO1. The lowest BCUT2D eigenvalue weighted by molar-refractivity contribution is -0.137. The minimum atomic E-state index is -0.825. The van der Waals surface area contributed by atoms with Gasteiger partial charge in [-0.15, -0.1) is 0 Å².